The molecule has 11 heteroatoms. The fourth-order valence-corrected chi connectivity index (χ4v) is 5.56. The molecule has 44 heavy (non-hydrogen) atoms. The molecule has 234 valence electrons. The van der Waals surface area contributed by atoms with E-state index in [0.29, 0.717) is 51.7 Å². The molecule has 1 aliphatic heterocycles. The van der Waals surface area contributed by atoms with Gasteiger partial charge >= 0.3 is 0 Å². The maximum atomic E-state index is 14.0. The normalized spacial score (nSPS) is 17.5. The van der Waals surface area contributed by atoms with Gasteiger partial charge in [-0.3, -0.25) is 19.4 Å². The molecule has 3 aromatic carbocycles. The maximum absolute atomic E-state index is 14.0. The van der Waals surface area contributed by atoms with Gasteiger partial charge in [0, 0.05) is 45.6 Å². The van der Waals surface area contributed by atoms with E-state index in [4.69, 9.17) is 11.5 Å². The number of nitrogens with two attached hydrogens (primary N) is 2. The van der Waals surface area contributed by atoms with Gasteiger partial charge in [-0.1, -0.05) is 54.6 Å². The number of nitrogens with one attached hydrogen (secondary N) is 3. The van der Waals surface area contributed by atoms with Crippen molar-refractivity contribution in [1.29, 1.82) is 0 Å². The highest BCUT2D eigenvalue weighted by molar-refractivity contribution is 5.90. The molecule has 1 heterocycles. The van der Waals surface area contributed by atoms with E-state index in [0.717, 1.165) is 21.9 Å². The van der Waals surface area contributed by atoms with E-state index in [1.165, 1.54) is 12.1 Å². The summed E-state index contributed by atoms with van der Waals surface area (Å²) in [7, 11) is 1.58. The van der Waals surface area contributed by atoms with Gasteiger partial charge in [0.05, 0.1) is 6.04 Å². The Bertz CT molecular complexity index is 1460. The van der Waals surface area contributed by atoms with E-state index < -0.39 is 12.1 Å². The molecule has 7 N–H and O–H groups in total. The number of rotatable bonds is 13. The average molecular weight is 604 g/mol. The van der Waals surface area contributed by atoms with Crippen LogP contribution in [0.5, 0.6) is 0 Å². The Kier molecular flexibility index (Phi) is 11.6. The van der Waals surface area contributed by atoms with Crippen molar-refractivity contribution < 1.29 is 18.8 Å². The molecule has 0 aliphatic carbocycles. The first-order valence-corrected chi connectivity index (χ1v) is 15.1. The first-order chi connectivity index (χ1) is 21.2. The number of halogens is 1. The van der Waals surface area contributed by atoms with Crippen molar-refractivity contribution in [2.24, 2.45) is 16.5 Å². The molecule has 1 saturated heterocycles. The standard InChI is InChI=1S/C33H42FN7O3/c1-37-31(43)29(20-23-8-12-24-5-2-3-6-25(24)19-23)41-18-16-27(40-28(32(41)44)7-4-17-38-33(35)36)21-39-30(42)15-11-22-9-13-26(34)14-10-22/h2-3,5-6,8-10,12-14,19,27-29,40H,4,7,11,15-18,20-21H2,1H3,(H,37,43)(H,39,42)(H4,35,36,38). The Morgan fingerprint density at radius 2 is 1.80 bits per heavy atom. The largest absolute Gasteiger partial charge is 0.370 e. The highest BCUT2D eigenvalue weighted by atomic mass is 19.1. The zero-order chi connectivity index (χ0) is 31.5. The van der Waals surface area contributed by atoms with Crippen LogP contribution in [0.15, 0.2) is 71.7 Å². The van der Waals surface area contributed by atoms with Crippen molar-refractivity contribution in [1.82, 2.24) is 20.9 Å². The topological polar surface area (TPSA) is 155 Å². The second kappa shape index (κ2) is 15.8. The van der Waals surface area contributed by atoms with Crippen molar-refractivity contribution in [2.45, 2.75) is 56.7 Å². The number of fused-ring (bicyclic) bond motifs is 1. The van der Waals surface area contributed by atoms with Gasteiger partial charge in [-0.25, -0.2) is 4.39 Å². The molecule has 10 nitrogen and oxygen atoms in total. The number of nitrogens with zero attached hydrogens (tertiary/aromatic N) is 2. The SMILES string of the molecule is CNC(=O)C(Cc1ccc2ccccc2c1)N1CCC(CNC(=O)CCc2ccc(F)cc2)NC(CCCN=C(N)N)C1=O. The quantitative estimate of drug-likeness (QED) is 0.114. The number of hydrogen-bond acceptors (Lipinski definition) is 5. The predicted octanol–water partition coefficient (Wildman–Crippen LogP) is 2.00. The molecule has 0 radical (unpaired) electrons. The van der Waals surface area contributed by atoms with Crippen LogP contribution in [0.1, 0.15) is 36.8 Å². The van der Waals surface area contributed by atoms with Gasteiger partial charge in [0.2, 0.25) is 17.7 Å². The van der Waals surface area contributed by atoms with Gasteiger partial charge in [0.25, 0.3) is 0 Å². The molecule has 3 amide bonds. The first-order valence-electron chi connectivity index (χ1n) is 15.1. The molecule has 0 saturated carbocycles. The number of guanidine groups is 1. The monoisotopic (exact) mass is 603 g/mol. The third-order valence-corrected chi connectivity index (χ3v) is 7.95. The van der Waals surface area contributed by atoms with Gasteiger partial charge in [0.1, 0.15) is 11.9 Å². The number of likely N-dealkylation sites (N-methyl/N-ethyl adjacent to an activating group) is 1. The van der Waals surface area contributed by atoms with Crippen LogP contribution in [-0.2, 0) is 27.2 Å². The summed E-state index contributed by atoms with van der Waals surface area (Å²) >= 11 is 0. The molecule has 3 atom stereocenters. The fraction of sp³-hybridized carbons (Fsp3) is 0.394. The zero-order valence-electron chi connectivity index (χ0n) is 25.1. The first kappa shape index (κ1) is 32.4. The Labute approximate surface area is 257 Å². The van der Waals surface area contributed by atoms with E-state index in [2.05, 4.69) is 27.0 Å². The minimum atomic E-state index is -0.709. The number of carbonyl (C=O) groups excluding carboxylic acids is 3. The maximum Gasteiger partial charge on any atom is 0.242 e. The van der Waals surface area contributed by atoms with Gasteiger partial charge in [-0.15, -0.1) is 0 Å². The summed E-state index contributed by atoms with van der Waals surface area (Å²) in [6.45, 7) is 1.04. The zero-order valence-corrected chi connectivity index (χ0v) is 25.1. The van der Waals surface area contributed by atoms with Gasteiger partial charge in [-0.2, -0.15) is 0 Å². The summed E-state index contributed by atoms with van der Waals surface area (Å²) in [6, 6.07) is 18.7. The summed E-state index contributed by atoms with van der Waals surface area (Å²) in [4.78, 5) is 45.6. The summed E-state index contributed by atoms with van der Waals surface area (Å²) in [5.41, 5.74) is 12.8. The van der Waals surface area contributed by atoms with Crippen molar-refractivity contribution >= 4 is 34.5 Å². The number of carbonyl (C=O) groups is 3. The Balaban J connectivity index is 1.46. The van der Waals surface area contributed by atoms with E-state index in [1.54, 1.807) is 24.1 Å². The smallest absolute Gasteiger partial charge is 0.242 e. The van der Waals surface area contributed by atoms with Crippen LogP contribution in [0.25, 0.3) is 10.8 Å². The number of aryl methyl sites for hydroxylation is 1. The molecular weight excluding hydrogens is 561 g/mol. The lowest BCUT2D eigenvalue weighted by molar-refractivity contribution is -0.141. The van der Waals surface area contributed by atoms with E-state index in [-0.39, 0.29) is 42.0 Å². The third kappa shape index (κ3) is 9.24. The lowest BCUT2D eigenvalue weighted by atomic mass is 9.99. The third-order valence-electron chi connectivity index (χ3n) is 7.95. The molecule has 0 bridgehead atoms. The van der Waals surface area contributed by atoms with Crippen LogP contribution in [-0.4, -0.2) is 73.4 Å². The molecule has 3 unspecified atom stereocenters. The minimum Gasteiger partial charge on any atom is -0.370 e. The van der Waals surface area contributed by atoms with E-state index in [9.17, 15) is 18.8 Å². The van der Waals surface area contributed by atoms with Gasteiger partial charge < -0.3 is 32.3 Å². The van der Waals surface area contributed by atoms with Crippen molar-refractivity contribution in [2.75, 3.05) is 26.7 Å². The highest BCUT2D eigenvalue weighted by Gasteiger charge is 2.37. The Morgan fingerprint density at radius 3 is 2.52 bits per heavy atom. The van der Waals surface area contributed by atoms with Crippen LogP contribution in [0, 0.1) is 5.82 Å². The summed E-state index contributed by atoms with van der Waals surface area (Å²) in [6.07, 6.45) is 2.67. The number of benzene rings is 3. The molecule has 4 rings (SSSR count). The second-order valence-corrected chi connectivity index (χ2v) is 11.1. The summed E-state index contributed by atoms with van der Waals surface area (Å²) in [5, 5.41) is 11.3. The summed E-state index contributed by atoms with van der Waals surface area (Å²) in [5.74, 6) is -0.868. The minimum absolute atomic E-state index is 0.0110. The van der Waals surface area contributed by atoms with Gasteiger partial charge in [-0.05, 0) is 59.7 Å². The van der Waals surface area contributed by atoms with E-state index in [1.807, 2.05) is 36.4 Å². The predicted molar refractivity (Wildman–Crippen MR) is 170 cm³/mol. The van der Waals surface area contributed by atoms with Crippen LogP contribution in [0.2, 0.25) is 0 Å². The van der Waals surface area contributed by atoms with Crippen molar-refractivity contribution in [3.63, 3.8) is 0 Å². The molecule has 3 aromatic rings. The molecule has 1 fully saturated rings. The molecular formula is C33H42FN7O3. The second-order valence-electron chi connectivity index (χ2n) is 11.1. The number of aliphatic imine (C=N–C) groups is 1. The van der Waals surface area contributed by atoms with Crippen LogP contribution in [0.4, 0.5) is 4.39 Å². The van der Waals surface area contributed by atoms with Crippen LogP contribution >= 0.6 is 0 Å². The van der Waals surface area contributed by atoms with Crippen molar-refractivity contribution in [3.05, 3.63) is 83.7 Å². The Morgan fingerprint density at radius 1 is 1.07 bits per heavy atom. The average Bonchev–Trinajstić information content (AvgIpc) is 3.18. The highest BCUT2D eigenvalue weighted by Crippen LogP contribution is 2.21. The van der Waals surface area contributed by atoms with Crippen LogP contribution < -0.4 is 27.4 Å². The van der Waals surface area contributed by atoms with E-state index >= 15 is 0 Å². The molecule has 0 spiro atoms. The molecule has 0 aromatic heterocycles. The summed E-state index contributed by atoms with van der Waals surface area (Å²) < 4.78 is 13.2. The lowest BCUT2D eigenvalue weighted by Crippen LogP contribution is -2.54. The lowest BCUT2D eigenvalue weighted by Gasteiger charge is -2.31. The number of hydrogen-bond donors (Lipinski definition) is 5. The molecule has 1 aliphatic rings. The number of amides is 3. The van der Waals surface area contributed by atoms with Crippen molar-refractivity contribution in [3.8, 4) is 0 Å². The van der Waals surface area contributed by atoms with Gasteiger partial charge in [0.15, 0.2) is 5.96 Å². The van der Waals surface area contributed by atoms with Crippen LogP contribution in [0.3, 0.4) is 0 Å². The Hall–Kier alpha value is -4.51. The fourth-order valence-electron chi connectivity index (χ4n) is 5.56.